The molecule has 0 aliphatic heterocycles. The van der Waals surface area contributed by atoms with E-state index in [0.717, 1.165) is 0 Å². The van der Waals surface area contributed by atoms with Gasteiger partial charge in [-0.15, -0.1) is 11.6 Å². The number of benzene rings is 1. The average Bonchev–Trinajstić information content (AvgIpc) is 2.40. The number of hydrogen-bond acceptors (Lipinski definition) is 2. The second kappa shape index (κ2) is 9.63. The van der Waals surface area contributed by atoms with Gasteiger partial charge in [-0.25, -0.2) is 4.39 Å². The Morgan fingerprint density at radius 2 is 2.10 bits per heavy atom. The van der Waals surface area contributed by atoms with Gasteiger partial charge in [-0.1, -0.05) is 25.7 Å². The maximum absolute atomic E-state index is 13.2. The van der Waals surface area contributed by atoms with Gasteiger partial charge >= 0.3 is 0 Å². The fourth-order valence-corrected chi connectivity index (χ4v) is 1.55. The van der Waals surface area contributed by atoms with Crippen LogP contribution in [-0.4, -0.2) is 25.7 Å². The topological polar surface area (TPSA) is 18.5 Å². The smallest absolute Gasteiger partial charge is 0.137 e. The quantitative estimate of drug-likeness (QED) is 0.432. The summed E-state index contributed by atoms with van der Waals surface area (Å²) in [6.45, 7) is 5.70. The van der Waals surface area contributed by atoms with Crippen molar-refractivity contribution < 1.29 is 13.9 Å². The fourth-order valence-electron chi connectivity index (χ4n) is 1.45. The van der Waals surface area contributed by atoms with E-state index in [1.165, 1.54) is 12.1 Å². The van der Waals surface area contributed by atoms with Gasteiger partial charge in [-0.05, 0) is 18.1 Å². The first-order chi connectivity index (χ1) is 9.63. The lowest BCUT2D eigenvalue weighted by molar-refractivity contribution is 0.0817. The predicted molar refractivity (Wildman–Crippen MR) is 79.8 cm³/mol. The highest BCUT2D eigenvalue weighted by Gasteiger charge is 2.04. The number of alkyl halides is 1. The van der Waals surface area contributed by atoms with E-state index in [9.17, 15) is 4.39 Å². The van der Waals surface area contributed by atoms with Crippen LogP contribution >= 0.6 is 11.6 Å². The van der Waals surface area contributed by atoms with Gasteiger partial charge in [0.1, 0.15) is 18.2 Å². The zero-order valence-corrected chi connectivity index (χ0v) is 12.7. The van der Waals surface area contributed by atoms with Crippen molar-refractivity contribution in [2.24, 2.45) is 5.92 Å². The van der Waals surface area contributed by atoms with E-state index in [0.29, 0.717) is 49.4 Å². The lowest BCUT2D eigenvalue weighted by Crippen LogP contribution is -2.10. The normalized spacial score (nSPS) is 10.2. The summed E-state index contributed by atoms with van der Waals surface area (Å²) in [4.78, 5) is 0. The highest BCUT2D eigenvalue weighted by atomic mass is 35.5. The molecule has 1 aromatic carbocycles. The first-order valence-corrected chi connectivity index (χ1v) is 7.22. The number of hydrogen-bond donors (Lipinski definition) is 0. The van der Waals surface area contributed by atoms with Crippen LogP contribution in [0.2, 0.25) is 0 Å². The van der Waals surface area contributed by atoms with Crippen LogP contribution in [0.5, 0.6) is 5.75 Å². The molecule has 0 amide bonds. The minimum atomic E-state index is -0.342. The second-order valence-electron chi connectivity index (χ2n) is 4.70. The Hall–Kier alpha value is -1.24. The molecule has 0 saturated carbocycles. The molecule has 1 aromatic rings. The van der Waals surface area contributed by atoms with Gasteiger partial charge in [-0.3, -0.25) is 0 Å². The van der Waals surface area contributed by atoms with Crippen molar-refractivity contribution in [2.45, 2.75) is 20.3 Å². The van der Waals surface area contributed by atoms with Crippen molar-refractivity contribution in [2.75, 3.05) is 25.7 Å². The maximum Gasteiger partial charge on any atom is 0.137 e. The first-order valence-electron chi connectivity index (χ1n) is 6.68. The molecule has 1 rings (SSSR count). The standard InChI is InChI=1S/C16H20ClFO2/c1-13(2)12-19-9-10-20-16-11-15(18)7-6-14(16)5-3-4-8-17/h6-7,11,13H,4,8-10,12H2,1-2H3. The number of ether oxygens (including phenoxy) is 2. The van der Waals surface area contributed by atoms with Crippen molar-refractivity contribution in [3.8, 4) is 17.6 Å². The molecule has 0 unspecified atom stereocenters. The van der Waals surface area contributed by atoms with E-state index in [2.05, 4.69) is 25.7 Å². The zero-order chi connectivity index (χ0) is 14.8. The van der Waals surface area contributed by atoms with Crippen LogP contribution in [0.1, 0.15) is 25.8 Å². The third kappa shape index (κ3) is 6.79. The maximum atomic E-state index is 13.2. The van der Waals surface area contributed by atoms with Crippen LogP contribution in [0.4, 0.5) is 4.39 Å². The lowest BCUT2D eigenvalue weighted by Gasteiger charge is -2.10. The molecule has 0 heterocycles. The molecule has 0 bridgehead atoms. The number of rotatable bonds is 7. The van der Waals surface area contributed by atoms with Crippen LogP contribution in [0.3, 0.4) is 0 Å². The molecule has 0 N–H and O–H groups in total. The molecule has 0 aliphatic rings. The molecule has 2 nitrogen and oxygen atoms in total. The summed E-state index contributed by atoms with van der Waals surface area (Å²) in [6.07, 6.45) is 0.593. The highest BCUT2D eigenvalue weighted by molar-refractivity contribution is 6.18. The third-order valence-electron chi connectivity index (χ3n) is 2.32. The van der Waals surface area contributed by atoms with Gasteiger partial charge in [0.2, 0.25) is 0 Å². The van der Waals surface area contributed by atoms with Crippen molar-refractivity contribution in [3.05, 3.63) is 29.6 Å². The van der Waals surface area contributed by atoms with Gasteiger partial charge in [0, 0.05) is 25.0 Å². The Bertz CT molecular complexity index is 463. The van der Waals surface area contributed by atoms with E-state index >= 15 is 0 Å². The van der Waals surface area contributed by atoms with Crippen LogP contribution < -0.4 is 4.74 Å². The van der Waals surface area contributed by atoms with Gasteiger partial charge in [-0.2, -0.15) is 0 Å². The molecule has 20 heavy (non-hydrogen) atoms. The monoisotopic (exact) mass is 298 g/mol. The third-order valence-corrected chi connectivity index (χ3v) is 2.51. The van der Waals surface area contributed by atoms with Crippen molar-refractivity contribution in [1.29, 1.82) is 0 Å². The Kier molecular flexibility index (Phi) is 8.10. The Balaban J connectivity index is 2.54. The largest absolute Gasteiger partial charge is 0.490 e. The SMILES string of the molecule is CC(C)COCCOc1cc(F)ccc1C#CCCCl. The minimum Gasteiger partial charge on any atom is -0.490 e. The molecule has 0 saturated heterocycles. The zero-order valence-electron chi connectivity index (χ0n) is 11.9. The Morgan fingerprint density at radius 3 is 2.80 bits per heavy atom. The van der Waals surface area contributed by atoms with Gasteiger partial charge in [0.25, 0.3) is 0 Å². The second-order valence-corrected chi connectivity index (χ2v) is 5.08. The van der Waals surface area contributed by atoms with Crippen LogP contribution in [0.15, 0.2) is 18.2 Å². The van der Waals surface area contributed by atoms with Crippen LogP contribution in [-0.2, 0) is 4.74 Å². The molecule has 0 spiro atoms. The Morgan fingerprint density at radius 1 is 1.30 bits per heavy atom. The van der Waals surface area contributed by atoms with Crippen LogP contribution in [0, 0.1) is 23.6 Å². The average molecular weight is 299 g/mol. The molecule has 110 valence electrons. The molecule has 0 aromatic heterocycles. The van der Waals surface area contributed by atoms with E-state index in [-0.39, 0.29) is 5.82 Å². The van der Waals surface area contributed by atoms with Gasteiger partial charge < -0.3 is 9.47 Å². The van der Waals surface area contributed by atoms with Gasteiger partial charge in [0.05, 0.1) is 12.2 Å². The van der Waals surface area contributed by atoms with Gasteiger partial charge in [0.15, 0.2) is 0 Å². The predicted octanol–water partition coefficient (Wildman–Crippen LogP) is 3.86. The summed E-state index contributed by atoms with van der Waals surface area (Å²) in [5.74, 6) is 6.92. The van der Waals surface area contributed by atoms with Crippen molar-refractivity contribution in [3.63, 3.8) is 0 Å². The lowest BCUT2D eigenvalue weighted by atomic mass is 10.2. The molecule has 0 fully saturated rings. The van der Waals surface area contributed by atoms with Crippen LogP contribution in [0.25, 0.3) is 0 Å². The molecular weight excluding hydrogens is 279 g/mol. The first kappa shape index (κ1) is 16.8. The summed E-state index contributed by atoms with van der Waals surface area (Å²) in [7, 11) is 0. The molecule has 0 aliphatic carbocycles. The summed E-state index contributed by atoms with van der Waals surface area (Å²) in [5, 5.41) is 0. The van der Waals surface area contributed by atoms with E-state index in [1.807, 2.05) is 0 Å². The summed E-state index contributed by atoms with van der Waals surface area (Å²) in [6, 6.07) is 4.32. The summed E-state index contributed by atoms with van der Waals surface area (Å²) in [5.41, 5.74) is 0.667. The molecule has 0 radical (unpaired) electrons. The van der Waals surface area contributed by atoms with Crippen molar-refractivity contribution >= 4 is 11.6 Å². The number of halogens is 2. The van der Waals surface area contributed by atoms with E-state index in [1.54, 1.807) is 6.07 Å². The minimum absolute atomic E-state index is 0.342. The Labute approximate surface area is 125 Å². The molecular formula is C16H20ClFO2. The highest BCUT2D eigenvalue weighted by Crippen LogP contribution is 2.19. The van der Waals surface area contributed by atoms with Crippen molar-refractivity contribution in [1.82, 2.24) is 0 Å². The summed E-state index contributed by atoms with van der Waals surface area (Å²) >= 11 is 5.57. The molecule has 4 heteroatoms. The molecule has 0 atom stereocenters. The summed E-state index contributed by atoms with van der Waals surface area (Å²) < 4.78 is 24.2. The van der Waals surface area contributed by atoms with E-state index in [4.69, 9.17) is 21.1 Å². The fraction of sp³-hybridized carbons (Fsp3) is 0.500. The van der Waals surface area contributed by atoms with E-state index < -0.39 is 0 Å².